The van der Waals surface area contributed by atoms with Gasteiger partial charge in [-0.3, -0.25) is 4.79 Å². The van der Waals surface area contributed by atoms with Crippen molar-refractivity contribution in [3.05, 3.63) is 45.5 Å². The van der Waals surface area contributed by atoms with Crippen molar-refractivity contribution in [2.24, 2.45) is 17.3 Å². The Kier molecular flexibility index (Phi) is 16.5. The summed E-state index contributed by atoms with van der Waals surface area (Å²) in [6.07, 6.45) is 9.83. The molecule has 0 aliphatic carbocycles. The molecule has 1 unspecified atom stereocenters. The predicted octanol–water partition coefficient (Wildman–Crippen LogP) is 11.4. The first kappa shape index (κ1) is 44.7. The van der Waals surface area contributed by atoms with Crippen LogP contribution in [0.4, 0.5) is 0 Å². The third-order valence-electron chi connectivity index (χ3n) is 10.7. The van der Waals surface area contributed by atoms with E-state index in [1.54, 1.807) is 11.3 Å². The van der Waals surface area contributed by atoms with Gasteiger partial charge >= 0.3 is 5.97 Å². The summed E-state index contributed by atoms with van der Waals surface area (Å²) in [6.45, 7) is 37.4. The van der Waals surface area contributed by atoms with Gasteiger partial charge < -0.3 is 19.1 Å². The molecule has 2 N–H and O–H groups in total. The van der Waals surface area contributed by atoms with Crippen LogP contribution in [0.2, 0.25) is 36.3 Å². The molecule has 0 aliphatic heterocycles. The molecule has 48 heavy (non-hydrogen) atoms. The van der Waals surface area contributed by atoms with E-state index in [9.17, 15) is 15.0 Å². The predicted molar refractivity (Wildman–Crippen MR) is 212 cm³/mol. The van der Waals surface area contributed by atoms with Gasteiger partial charge in [-0.25, -0.2) is 4.98 Å². The molecule has 0 aromatic carbocycles. The zero-order valence-electron chi connectivity index (χ0n) is 33.6. The van der Waals surface area contributed by atoms with Crippen molar-refractivity contribution in [3.63, 3.8) is 0 Å². The Balaban J connectivity index is 3.20. The van der Waals surface area contributed by atoms with Crippen molar-refractivity contribution in [1.29, 1.82) is 0 Å². The zero-order valence-corrected chi connectivity index (χ0v) is 36.4. The summed E-state index contributed by atoms with van der Waals surface area (Å²) in [5.41, 5.74) is 2.66. The molecule has 1 rings (SSSR count). The molecule has 0 bridgehead atoms. The maximum absolute atomic E-state index is 12.1. The van der Waals surface area contributed by atoms with Gasteiger partial charge in [-0.2, -0.15) is 0 Å². The lowest BCUT2D eigenvalue weighted by atomic mass is 9.74. The Morgan fingerprint density at radius 3 is 2.00 bits per heavy atom. The van der Waals surface area contributed by atoms with Gasteiger partial charge in [0.05, 0.1) is 35.4 Å². The number of carboxylic acids is 1. The molecule has 1 aromatic rings. The van der Waals surface area contributed by atoms with Gasteiger partial charge in [0.15, 0.2) is 16.6 Å². The van der Waals surface area contributed by atoms with Crippen LogP contribution >= 0.6 is 11.3 Å². The molecular formula is C39H71NO5SSi2. The zero-order chi connectivity index (χ0) is 37.5. The second-order valence-corrected chi connectivity index (χ2v) is 28.5. The smallest absolute Gasteiger partial charge is 0.305 e. The van der Waals surface area contributed by atoms with E-state index < -0.39 is 28.7 Å². The van der Waals surface area contributed by atoms with E-state index in [1.807, 2.05) is 25.3 Å². The summed E-state index contributed by atoms with van der Waals surface area (Å²) in [7, 11) is -4.31. The Labute approximate surface area is 300 Å². The van der Waals surface area contributed by atoms with Crippen LogP contribution < -0.4 is 0 Å². The van der Waals surface area contributed by atoms with Gasteiger partial charge in [0.1, 0.15) is 0 Å². The lowest BCUT2D eigenvalue weighted by molar-refractivity contribution is -0.141. The van der Waals surface area contributed by atoms with E-state index in [-0.39, 0.29) is 46.0 Å². The minimum Gasteiger partial charge on any atom is -0.481 e. The van der Waals surface area contributed by atoms with Crippen LogP contribution in [0.15, 0.2) is 34.8 Å². The monoisotopic (exact) mass is 721 g/mol. The van der Waals surface area contributed by atoms with Crippen molar-refractivity contribution >= 4 is 40.0 Å². The average Bonchev–Trinajstić information content (AvgIpc) is 3.31. The number of hydrogen-bond donors (Lipinski definition) is 2. The van der Waals surface area contributed by atoms with Crippen LogP contribution in [0.5, 0.6) is 0 Å². The number of aliphatic hydroxyl groups is 1. The number of aryl methyl sites for hydroxylation is 1. The number of aromatic nitrogens is 1. The molecule has 0 fully saturated rings. The van der Waals surface area contributed by atoms with Crippen molar-refractivity contribution < 1.29 is 23.9 Å². The fraction of sp³-hybridized carbons (Fsp3) is 0.744. The highest BCUT2D eigenvalue weighted by Crippen LogP contribution is 2.45. The molecular weight excluding hydrogens is 651 g/mol. The first-order valence-electron chi connectivity index (χ1n) is 17.8. The molecule has 5 atom stereocenters. The Bertz CT molecular complexity index is 1270. The van der Waals surface area contributed by atoms with Crippen molar-refractivity contribution in [2.75, 3.05) is 0 Å². The van der Waals surface area contributed by atoms with Crippen LogP contribution in [0.25, 0.3) is 6.08 Å². The highest BCUT2D eigenvalue weighted by Gasteiger charge is 2.46. The fourth-order valence-electron chi connectivity index (χ4n) is 5.44. The molecule has 1 heterocycles. The number of rotatable bonds is 18. The Hall–Kier alpha value is -1.37. The van der Waals surface area contributed by atoms with Crippen molar-refractivity contribution in [3.8, 4) is 0 Å². The van der Waals surface area contributed by atoms with Crippen LogP contribution in [0, 0.1) is 24.2 Å². The van der Waals surface area contributed by atoms with Gasteiger partial charge in [-0.1, -0.05) is 93.0 Å². The number of aliphatic carboxylic acids is 1. The largest absolute Gasteiger partial charge is 0.481 e. The SMILES string of the molecule is C/C(=C/CC(O)/C(C)=C/c1csc(C)n1)C/C=C\[C@H](C)[C@@H](O[Si](C)(C)C(C)(C)C)[C@H](C)CC(C)(C)[C@H](CC(=O)O)O[Si](C)(C)C(C)(C)C. The van der Waals surface area contributed by atoms with E-state index in [0.29, 0.717) is 6.42 Å². The molecule has 0 saturated heterocycles. The normalized spacial score (nSPS) is 17.8. The van der Waals surface area contributed by atoms with Gasteiger partial charge in [-0.15, -0.1) is 11.3 Å². The summed E-state index contributed by atoms with van der Waals surface area (Å²) in [5.74, 6) is -0.480. The minimum absolute atomic E-state index is 0.00436. The van der Waals surface area contributed by atoms with Gasteiger partial charge in [0, 0.05) is 5.38 Å². The lowest BCUT2D eigenvalue weighted by Gasteiger charge is -2.47. The lowest BCUT2D eigenvalue weighted by Crippen LogP contribution is -2.50. The number of carbonyl (C=O) groups is 1. The van der Waals surface area contributed by atoms with Gasteiger partial charge in [0.25, 0.3) is 0 Å². The second kappa shape index (κ2) is 17.7. The van der Waals surface area contributed by atoms with Crippen LogP contribution in [-0.2, 0) is 13.6 Å². The number of hydrogen-bond acceptors (Lipinski definition) is 6. The highest BCUT2D eigenvalue weighted by atomic mass is 32.1. The maximum Gasteiger partial charge on any atom is 0.305 e. The number of nitrogens with zero attached hydrogens (tertiary/aromatic N) is 1. The van der Waals surface area contributed by atoms with Crippen molar-refractivity contribution in [2.45, 2.75) is 170 Å². The molecule has 0 radical (unpaired) electrons. The van der Waals surface area contributed by atoms with E-state index in [1.165, 1.54) is 5.57 Å². The molecule has 0 aliphatic rings. The standard InChI is InChI=1S/C39H71NO5SSi2/c1-27(21-22-33(41)29(3)23-32-26-46-31(5)40-32)19-18-20-28(2)36(45-48(16,17)38(9,10)11)30(4)25-39(12,13)34(24-35(42)43)44-47(14,15)37(6,7)8/h18,20-21,23,26,28,30,33-34,36,41H,19,22,24-25H2,1-17H3,(H,42,43)/b20-18-,27-21-,29-23+/t28-,30+,33?,34-,36+/m0/s1. The number of allylic oxidation sites excluding steroid dienone is 2. The molecule has 0 saturated carbocycles. The fourth-order valence-corrected chi connectivity index (χ4v) is 8.96. The van der Waals surface area contributed by atoms with Gasteiger partial charge in [-0.05, 0) is 105 Å². The van der Waals surface area contributed by atoms with E-state index in [0.717, 1.165) is 29.1 Å². The third-order valence-corrected chi connectivity index (χ3v) is 20.5. The first-order chi connectivity index (χ1) is 21.6. The molecule has 276 valence electrons. The Morgan fingerprint density at radius 2 is 1.52 bits per heavy atom. The van der Waals surface area contributed by atoms with E-state index in [2.05, 4.69) is 126 Å². The number of carboxylic acid groups (broad SMARTS) is 1. The van der Waals surface area contributed by atoms with Crippen LogP contribution in [0.3, 0.4) is 0 Å². The highest BCUT2D eigenvalue weighted by molar-refractivity contribution is 7.09. The molecule has 1 aromatic heterocycles. The summed E-state index contributed by atoms with van der Waals surface area (Å²) < 4.78 is 14.0. The van der Waals surface area contributed by atoms with Crippen molar-refractivity contribution in [1.82, 2.24) is 4.98 Å². The van der Waals surface area contributed by atoms with E-state index in [4.69, 9.17) is 8.85 Å². The average molecular weight is 722 g/mol. The molecule has 0 amide bonds. The second-order valence-electron chi connectivity index (χ2n) is 18.0. The number of aliphatic hydroxyl groups excluding tert-OH is 1. The molecule has 9 heteroatoms. The maximum atomic E-state index is 12.1. The Morgan fingerprint density at radius 1 is 0.979 bits per heavy atom. The summed E-state index contributed by atoms with van der Waals surface area (Å²) >= 11 is 1.61. The molecule has 6 nitrogen and oxygen atoms in total. The summed E-state index contributed by atoms with van der Waals surface area (Å²) in [6, 6.07) is 0. The number of thiazole rings is 1. The van der Waals surface area contributed by atoms with Crippen LogP contribution in [0.1, 0.15) is 119 Å². The first-order valence-corrected chi connectivity index (χ1v) is 24.5. The summed E-state index contributed by atoms with van der Waals surface area (Å²) in [5, 5.41) is 23.7. The summed E-state index contributed by atoms with van der Waals surface area (Å²) in [4.78, 5) is 16.5. The quantitative estimate of drug-likeness (QED) is 0.116. The topological polar surface area (TPSA) is 88.9 Å². The van der Waals surface area contributed by atoms with Gasteiger partial charge in [0.2, 0.25) is 0 Å². The third kappa shape index (κ3) is 14.1. The molecule has 0 spiro atoms. The van der Waals surface area contributed by atoms with E-state index >= 15 is 0 Å². The minimum atomic E-state index is -2.20. The van der Waals surface area contributed by atoms with Crippen LogP contribution in [-0.4, -0.2) is 56.1 Å².